The number of hydrogen-bond acceptors (Lipinski definition) is 0. The molecule has 1 saturated carbocycles. The summed E-state index contributed by atoms with van der Waals surface area (Å²) < 4.78 is 0. The zero-order valence-electron chi connectivity index (χ0n) is 9.84. The maximum atomic E-state index is 4.11. The van der Waals surface area contributed by atoms with Crippen molar-refractivity contribution in [3.63, 3.8) is 0 Å². The van der Waals surface area contributed by atoms with E-state index >= 15 is 0 Å². The molecule has 0 heteroatoms. The summed E-state index contributed by atoms with van der Waals surface area (Å²) in [5.74, 6) is 1.21. The van der Waals surface area contributed by atoms with Crippen LogP contribution in [0, 0.1) is 11.8 Å². The van der Waals surface area contributed by atoms with Crippen molar-refractivity contribution in [3.8, 4) is 0 Å². The molecule has 0 spiro atoms. The van der Waals surface area contributed by atoms with Gasteiger partial charge in [0.05, 0.1) is 0 Å². The van der Waals surface area contributed by atoms with E-state index in [-0.39, 0.29) is 0 Å². The lowest BCUT2D eigenvalue weighted by Gasteiger charge is -2.04. The monoisotopic (exact) mass is 200 g/mol. The molecule has 2 atom stereocenters. The lowest BCUT2D eigenvalue weighted by Crippen LogP contribution is -1.90. The van der Waals surface area contributed by atoms with E-state index < -0.39 is 0 Å². The van der Waals surface area contributed by atoms with Crippen molar-refractivity contribution in [2.75, 3.05) is 0 Å². The van der Waals surface area contributed by atoms with Gasteiger partial charge >= 0.3 is 0 Å². The zero-order chi connectivity index (χ0) is 11.6. The third kappa shape index (κ3) is 3.09. The first-order valence-corrected chi connectivity index (χ1v) is 5.30. The predicted molar refractivity (Wildman–Crippen MR) is 68.6 cm³/mol. The van der Waals surface area contributed by atoms with Crippen molar-refractivity contribution >= 4 is 0 Å². The molecule has 1 aliphatic rings. The van der Waals surface area contributed by atoms with Crippen molar-refractivity contribution < 1.29 is 0 Å². The Bertz CT molecular complexity index is 352. The summed E-state index contributed by atoms with van der Waals surface area (Å²) in [7, 11) is 0. The fraction of sp³-hybridized carbons (Fsp3) is 0.333. The molecular formula is C15H20. The van der Waals surface area contributed by atoms with Crippen LogP contribution in [0.25, 0.3) is 0 Å². The van der Waals surface area contributed by atoms with Gasteiger partial charge in [0.2, 0.25) is 0 Å². The second-order valence-electron chi connectivity index (χ2n) is 4.53. The van der Waals surface area contributed by atoms with E-state index in [9.17, 15) is 0 Å². The van der Waals surface area contributed by atoms with E-state index in [1.165, 1.54) is 12.0 Å². The second-order valence-corrected chi connectivity index (χ2v) is 4.53. The summed E-state index contributed by atoms with van der Waals surface area (Å²) in [6.07, 6.45) is 5.16. The van der Waals surface area contributed by atoms with E-state index in [4.69, 9.17) is 0 Å². The first-order valence-electron chi connectivity index (χ1n) is 5.30. The first kappa shape index (κ1) is 11.8. The molecule has 0 aliphatic heterocycles. The number of allylic oxidation sites excluding steroid dienone is 6. The van der Waals surface area contributed by atoms with Crippen LogP contribution < -0.4 is 0 Å². The van der Waals surface area contributed by atoms with Crippen LogP contribution in [0.15, 0.2) is 60.8 Å². The predicted octanol–water partition coefficient (Wildman–Crippen LogP) is 4.44. The summed E-state index contributed by atoms with van der Waals surface area (Å²) >= 11 is 0. The van der Waals surface area contributed by atoms with Gasteiger partial charge in [-0.15, -0.1) is 0 Å². The highest BCUT2D eigenvalue weighted by Gasteiger charge is 2.39. The molecule has 2 unspecified atom stereocenters. The van der Waals surface area contributed by atoms with Gasteiger partial charge < -0.3 is 0 Å². The Labute approximate surface area is 93.4 Å². The summed E-state index contributed by atoms with van der Waals surface area (Å²) in [5.41, 5.74) is 4.47. The largest absolute Gasteiger partial charge is 0.0998 e. The lowest BCUT2D eigenvalue weighted by molar-refractivity contribution is 0.897. The Morgan fingerprint density at radius 1 is 1.00 bits per heavy atom. The fourth-order valence-electron chi connectivity index (χ4n) is 1.71. The first-order chi connectivity index (χ1) is 6.93. The number of rotatable bonds is 5. The van der Waals surface area contributed by atoms with Crippen LogP contribution in [0.3, 0.4) is 0 Å². The molecule has 0 N–H and O–H groups in total. The molecular weight excluding hydrogens is 180 g/mol. The molecule has 1 fully saturated rings. The van der Waals surface area contributed by atoms with Crippen molar-refractivity contribution in [2.24, 2.45) is 11.8 Å². The van der Waals surface area contributed by atoms with Gasteiger partial charge in [-0.05, 0) is 43.3 Å². The summed E-state index contributed by atoms with van der Waals surface area (Å²) in [5, 5.41) is 0. The second kappa shape index (κ2) is 4.48. The summed E-state index contributed by atoms with van der Waals surface area (Å²) in [6.45, 7) is 20.0. The fourth-order valence-corrected chi connectivity index (χ4v) is 1.71. The molecule has 0 amide bonds. The maximum Gasteiger partial charge on any atom is -0.00906 e. The Morgan fingerprint density at radius 3 is 2.00 bits per heavy atom. The van der Waals surface area contributed by atoms with Crippen molar-refractivity contribution in [3.05, 3.63) is 60.8 Å². The van der Waals surface area contributed by atoms with Crippen LogP contribution in [-0.2, 0) is 0 Å². The highest BCUT2D eigenvalue weighted by atomic mass is 14.4. The van der Waals surface area contributed by atoms with Crippen LogP contribution in [0.5, 0.6) is 0 Å². The molecule has 0 saturated heterocycles. The molecule has 1 aliphatic carbocycles. The Balaban J connectivity index is 2.53. The molecule has 0 heterocycles. The van der Waals surface area contributed by atoms with Gasteiger partial charge in [-0.3, -0.25) is 0 Å². The molecule has 0 radical (unpaired) electrons. The van der Waals surface area contributed by atoms with Gasteiger partial charge in [-0.1, -0.05) is 49.6 Å². The van der Waals surface area contributed by atoms with Gasteiger partial charge in [-0.2, -0.15) is 0 Å². The van der Waals surface area contributed by atoms with Crippen molar-refractivity contribution in [1.29, 1.82) is 0 Å². The average Bonchev–Trinajstić information content (AvgIpc) is 2.92. The van der Waals surface area contributed by atoms with Crippen LogP contribution in [0.4, 0.5) is 0 Å². The SMILES string of the molecule is C=C(C)/C=C\C(=C)C(=C)C1CC1C(=C)C. The number of hydrogen-bond donors (Lipinski definition) is 0. The van der Waals surface area contributed by atoms with Gasteiger partial charge in [-0.25, -0.2) is 0 Å². The summed E-state index contributed by atoms with van der Waals surface area (Å²) in [6, 6.07) is 0. The Hall–Kier alpha value is -1.30. The van der Waals surface area contributed by atoms with Gasteiger partial charge in [0, 0.05) is 0 Å². The van der Waals surface area contributed by atoms with Crippen LogP contribution in [0.1, 0.15) is 20.3 Å². The van der Waals surface area contributed by atoms with E-state index in [1.54, 1.807) is 0 Å². The molecule has 15 heavy (non-hydrogen) atoms. The minimum atomic E-state index is 0.574. The minimum absolute atomic E-state index is 0.574. The van der Waals surface area contributed by atoms with Crippen LogP contribution in [0.2, 0.25) is 0 Å². The Morgan fingerprint density at radius 2 is 1.60 bits per heavy atom. The average molecular weight is 200 g/mol. The molecule has 80 valence electrons. The van der Waals surface area contributed by atoms with Crippen LogP contribution in [-0.4, -0.2) is 0 Å². The highest BCUT2D eigenvalue weighted by molar-refractivity contribution is 5.42. The van der Waals surface area contributed by atoms with Crippen molar-refractivity contribution in [2.45, 2.75) is 20.3 Å². The zero-order valence-corrected chi connectivity index (χ0v) is 9.84. The normalized spacial score (nSPS) is 23.9. The molecule has 0 bridgehead atoms. The minimum Gasteiger partial charge on any atom is -0.0998 e. The summed E-state index contributed by atoms with van der Waals surface area (Å²) in [4.78, 5) is 0. The third-order valence-electron chi connectivity index (χ3n) is 2.85. The van der Waals surface area contributed by atoms with Gasteiger partial charge in [0.1, 0.15) is 0 Å². The standard InChI is InChI=1S/C15H20/c1-10(2)7-8-12(5)13(6)15-9-14(15)11(3)4/h7-8,14-15H,1,3,5-6,9H2,2,4H3/b8-7-. The van der Waals surface area contributed by atoms with E-state index in [0.717, 1.165) is 16.7 Å². The smallest absolute Gasteiger partial charge is 0.00906 e. The third-order valence-corrected chi connectivity index (χ3v) is 2.85. The van der Waals surface area contributed by atoms with E-state index in [0.29, 0.717) is 11.8 Å². The highest BCUT2D eigenvalue weighted by Crippen LogP contribution is 2.49. The maximum absolute atomic E-state index is 4.11. The van der Waals surface area contributed by atoms with E-state index in [2.05, 4.69) is 33.2 Å². The quantitative estimate of drug-likeness (QED) is 0.454. The van der Waals surface area contributed by atoms with Crippen LogP contribution >= 0.6 is 0 Å². The van der Waals surface area contributed by atoms with Gasteiger partial charge in [0.15, 0.2) is 0 Å². The molecule has 0 aromatic heterocycles. The van der Waals surface area contributed by atoms with Gasteiger partial charge in [0.25, 0.3) is 0 Å². The molecule has 0 aromatic carbocycles. The topological polar surface area (TPSA) is 0 Å². The van der Waals surface area contributed by atoms with E-state index in [1.807, 2.05) is 19.1 Å². The Kier molecular flexibility index (Phi) is 3.52. The molecule has 1 rings (SSSR count). The van der Waals surface area contributed by atoms with Crippen molar-refractivity contribution in [1.82, 2.24) is 0 Å². The lowest BCUT2D eigenvalue weighted by atomic mass is 10.0. The molecule has 0 aromatic rings. The molecule has 0 nitrogen and oxygen atoms in total.